The first-order valence-corrected chi connectivity index (χ1v) is 6.23. The first-order valence-electron chi connectivity index (χ1n) is 6.23. The molecule has 2 fully saturated rings. The van der Waals surface area contributed by atoms with E-state index in [2.05, 4.69) is 4.90 Å². The van der Waals surface area contributed by atoms with Gasteiger partial charge in [-0.15, -0.1) is 0 Å². The fourth-order valence-electron chi connectivity index (χ4n) is 2.58. The summed E-state index contributed by atoms with van der Waals surface area (Å²) in [6.07, 6.45) is 3.07. The second kappa shape index (κ2) is 5.75. The number of rotatable bonds is 4. The van der Waals surface area contributed by atoms with Crippen LogP contribution in [-0.2, 0) is 9.53 Å². The summed E-state index contributed by atoms with van der Waals surface area (Å²) in [5, 5.41) is 9.12. The zero-order valence-electron chi connectivity index (χ0n) is 9.73. The van der Waals surface area contributed by atoms with Crippen molar-refractivity contribution in [3.05, 3.63) is 0 Å². The summed E-state index contributed by atoms with van der Waals surface area (Å²) in [5.41, 5.74) is 0. The number of hydrogen-bond acceptors (Lipinski definition) is 4. The lowest BCUT2D eigenvalue weighted by Crippen LogP contribution is -2.41. The molecular weight excluding hydrogens is 206 g/mol. The minimum absolute atomic E-state index is 0.120. The number of aliphatic hydroxyl groups excluding tert-OH is 1. The van der Waals surface area contributed by atoms with Crippen molar-refractivity contribution < 1.29 is 14.6 Å². The molecule has 2 rings (SSSR count). The summed E-state index contributed by atoms with van der Waals surface area (Å²) in [6.45, 7) is 4.00. The Morgan fingerprint density at radius 1 is 1.44 bits per heavy atom. The van der Waals surface area contributed by atoms with Gasteiger partial charge in [0.2, 0.25) is 0 Å². The van der Waals surface area contributed by atoms with Crippen LogP contribution in [0.4, 0.5) is 0 Å². The van der Waals surface area contributed by atoms with Crippen LogP contribution in [0.3, 0.4) is 0 Å². The van der Waals surface area contributed by atoms with Gasteiger partial charge in [0.25, 0.3) is 0 Å². The summed E-state index contributed by atoms with van der Waals surface area (Å²) in [4.78, 5) is 14.1. The average Bonchev–Trinajstić information content (AvgIpc) is 2.83. The van der Waals surface area contributed by atoms with Gasteiger partial charge in [-0.2, -0.15) is 0 Å². The zero-order chi connectivity index (χ0) is 11.4. The molecule has 2 saturated heterocycles. The Labute approximate surface area is 96.6 Å². The Bertz CT molecular complexity index is 238. The van der Waals surface area contributed by atoms with E-state index in [4.69, 9.17) is 9.84 Å². The van der Waals surface area contributed by atoms with Gasteiger partial charge in [0.15, 0.2) is 5.78 Å². The van der Waals surface area contributed by atoms with Crippen LogP contribution in [0.25, 0.3) is 0 Å². The standard InChI is InChI=1S/C12H21NO3/c14-8-10-2-1-4-13(6-10)7-12(15)11-3-5-16-9-11/h10-11,14H,1-9H2. The minimum Gasteiger partial charge on any atom is -0.396 e. The molecule has 0 amide bonds. The van der Waals surface area contributed by atoms with Crippen LogP contribution >= 0.6 is 0 Å². The van der Waals surface area contributed by atoms with E-state index in [-0.39, 0.29) is 12.5 Å². The molecule has 2 atom stereocenters. The van der Waals surface area contributed by atoms with Gasteiger partial charge >= 0.3 is 0 Å². The summed E-state index contributed by atoms with van der Waals surface area (Å²) in [5.74, 6) is 0.798. The van der Waals surface area contributed by atoms with E-state index in [0.29, 0.717) is 24.9 Å². The number of ether oxygens (including phenoxy) is 1. The fraction of sp³-hybridized carbons (Fsp3) is 0.917. The molecular formula is C12H21NO3. The number of likely N-dealkylation sites (tertiary alicyclic amines) is 1. The van der Waals surface area contributed by atoms with Crippen LogP contribution in [0.5, 0.6) is 0 Å². The molecule has 16 heavy (non-hydrogen) atoms. The number of carbonyl (C=O) groups is 1. The Balaban J connectivity index is 1.77. The number of aliphatic hydroxyl groups is 1. The molecule has 0 radical (unpaired) electrons. The van der Waals surface area contributed by atoms with Crippen LogP contribution in [0.15, 0.2) is 0 Å². The molecule has 0 spiro atoms. The Kier molecular flexibility index (Phi) is 4.32. The predicted molar refractivity (Wildman–Crippen MR) is 60.2 cm³/mol. The van der Waals surface area contributed by atoms with Crippen molar-refractivity contribution >= 4 is 5.78 Å². The highest BCUT2D eigenvalue weighted by Gasteiger charge is 2.27. The molecule has 0 aromatic carbocycles. The van der Waals surface area contributed by atoms with E-state index in [0.717, 1.165) is 39.0 Å². The Morgan fingerprint density at radius 2 is 2.31 bits per heavy atom. The normalized spacial score (nSPS) is 31.8. The number of Topliss-reactive ketones (excluding diaryl/α,β-unsaturated/α-hetero) is 1. The highest BCUT2D eigenvalue weighted by atomic mass is 16.5. The van der Waals surface area contributed by atoms with Gasteiger partial charge in [-0.1, -0.05) is 0 Å². The third-order valence-electron chi connectivity index (χ3n) is 3.63. The largest absolute Gasteiger partial charge is 0.396 e. The van der Waals surface area contributed by atoms with Crippen molar-refractivity contribution in [1.29, 1.82) is 0 Å². The van der Waals surface area contributed by atoms with Gasteiger partial charge in [-0.25, -0.2) is 0 Å². The second-order valence-corrected chi connectivity index (χ2v) is 4.95. The van der Waals surface area contributed by atoms with E-state index in [1.165, 1.54) is 0 Å². The molecule has 0 aromatic rings. The number of nitrogens with zero attached hydrogens (tertiary/aromatic N) is 1. The molecule has 4 heteroatoms. The maximum Gasteiger partial charge on any atom is 0.152 e. The van der Waals surface area contributed by atoms with Gasteiger partial charge in [0, 0.05) is 25.7 Å². The van der Waals surface area contributed by atoms with E-state index < -0.39 is 0 Å². The van der Waals surface area contributed by atoms with Crippen LogP contribution in [0.1, 0.15) is 19.3 Å². The molecule has 0 saturated carbocycles. The number of carbonyl (C=O) groups excluding carboxylic acids is 1. The molecule has 2 heterocycles. The summed E-state index contributed by atoms with van der Waals surface area (Å²) in [6, 6.07) is 0. The topological polar surface area (TPSA) is 49.8 Å². The number of hydrogen-bond donors (Lipinski definition) is 1. The molecule has 2 aliphatic heterocycles. The number of piperidine rings is 1. The van der Waals surface area contributed by atoms with Gasteiger partial charge in [0.1, 0.15) is 0 Å². The quantitative estimate of drug-likeness (QED) is 0.750. The van der Waals surface area contributed by atoms with E-state index >= 15 is 0 Å². The molecule has 2 aliphatic rings. The average molecular weight is 227 g/mol. The zero-order valence-corrected chi connectivity index (χ0v) is 9.73. The summed E-state index contributed by atoms with van der Waals surface area (Å²) >= 11 is 0. The van der Waals surface area contributed by atoms with Crippen LogP contribution in [-0.4, -0.2) is 55.2 Å². The van der Waals surface area contributed by atoms with Gasteiger partial charge < -0.3 is 9.84 Å². The van der Waals surface area contributed by atoms with Crippen LogP contribution < -0.4 is 0 Å². The maximum absolute atomic E-state index is 11.9. The lowest BCUT2D eigenvalue weighted by atomic mass is 9.97. The van der Waals surface area contributed by atoms with Gasteiger partial charge in [-0.05, 0) is 31.7 Å². The lowest BCUT2D eigenvalue weighted by Gasteiger charge is -2.31. The summed E-state index contributed by atoms with van der Waals surface area (Å²) in [7, 11) is 0. The third-order valence-corrected chi connectivity index (χ3v) is 3.63. The van der Waals surface area contributed by atoms with Gasteiger partial charge in [-0.3, -0.25) is 9.69 Å². The Hall–Kier alpha value is -0.450. The van der Waals surface area contributed by atoms with E-state index in [9.17, 15) is 4.79 Å². The molecule has 0 aliphatic carbocycles. The fourth-order valence-corrected chi connectivity index (χ4v) is 2.58. The monoisotopic (exact) mass is 227 g/mol. The molecule has 92 valence electrons. The molecule has 4 nitrogen and oxygen atoms in total. The second-order valence-electron chi connectivity index (χ2n) is 4.95. The predicted octanol–water partition coefficient (Wildman–Crippen LogP) is 0.296. The van der Waals surface area contributed by atoms with Crippen LogP contribution in [0.2, 0.25) is 0 Å². The molecule has 1 N–H and O–H groups in total. The van der Waals surface area contributed by atoms with E-state index in [1.54, 1.807) is 0 Å². The highest BCUT2D eigenvalue weighted by molar-refractivity contribution is 5.83. The SMILES string of the molecule is O=C(CN1CCCC(CO)C1)C1CCOC1. The Morgan fingerprint density at radius 3 is 3.00 bits per heavy atom. The van der Waals surface area contributed by atoms with Crippen molar-refractivity contribution in [3.8, 4) is 0 Å². The van der Waals surface area contributed by atoms with Crippen molar-refractivity contribution in [1.82, 2.24) is 4.90 Å². The first kappa shape index (κ1) is 12.0. The maximum atomic E-state index is 11.9. The van der Waals surface area contributed by atoms with Crippen molar-refractivity contribution in [2.24, 2.45) is 11.8 Å². The minimum atomic E-state index is 0.120. The first-order chi connectivity index (χ1) is 7.79. The van der Waals surface area contributed by atoms with E-state index in [1.807, 2.05) is 0 Å². The highest BCUT2D eigenvalue weighted by Crippen LogP contribution is 2.18. The molecule has 0 aromatic heterocycles. The van der Waals surface area contributed by atoms with Crippen molar-refractivity contribution in [2.45, 2.75) is 19.3 Å². The van der Waals surface area contributed by atoms with Crippen molar-refractivity contribution in [2.75, 3.05) is 39.5 Å². The summed E-state index contributed by atoms with van der Waals surface area (Å²) < 4.78 is 5.23. The lowest BCUT2D eigenvalue weighted by molar-refractivity contribution is -0.124. The number of ketones is 1. The van der Waals surface area contributed by atoms with Gasteiger partial charge in [0.05, 0.1) is 13.2 Å². The molecule has 2 unspecified atom stereocenters. The third kappa shape index (κ3) is 3.03. The van der Waals surface area contributed by atoms with Crippen LogP contribution in [0, 0.1) is 11.8 Å². The molecule has 0 bridgehead atoms. The van der Waals surface area contributed by atoms with Crippen molar-refractivity contribution in [3.63, 3.8) is 0 Å². The smallest absolute Gasteiger partial charge is 0.152 e.